The molecular formula is C14H11N3O4. The molecule has 0 bridgehead atoms. The molecule has 0 spiro atoms. The van der Waals surface area contributed by atoms with E-state index in [2.05, 4.69) is 10.5 Å². The van der Waals surface area contributed by atoms with Gasteiger partial charge in [-0.15, -0.1) is 5.10 Å². The number of cyclic esters (lactones) is 1. The SMILES string of the molecule is CCOC(=O)/C(C#N)=C1/NN=C(c2ccccc2)OC1=O. The van der Waals surface area contributed by atoms with Crippen LogP contribution in [0.25, 0.3) is 0 Å². The third-order valence-electron chi connectivity index (χ3n) is 2.52. The van der Waals surface area contributed by atoms with Crippen molar-refractivity contribution >= 4 is 17.8 Å². The Bertz CT molecular complexity index is 671. The van der Waals surface area contributed by atoms with Crippen LogP contribution in [0, 0.1) is 11.3 Å². The Kier molecular flexibility index (Phi) is 4.31. The predicted octanol–water partition coefficient (Wildman–Crippen LogP) is 0.835. The maximum atomic E-state index is 11.9. The van der Waals surface area contributed by atoms with Gasteiger partial charge in [-0.1, -0.05) is 18.2 Å². The molecule has 0 fully saturated rings. The molecule has 1 aromatic rings. The van der Waals surface area contributed by atoms with Crippen LogP contribution in [-0.2, 0) is 19.1 Å². The molecule has 21 heavy (non-hydrogen) atoms. The highest BCUT2D eigenvalue weighted by molar-refractivity contribution is 6.10. The van der Waals surface area contributed by atoms with Gasteiger partial charge in [0, 0.05) is 5.56 Å². The van der Waals surface area contributed by atoms with E-state index in [-0.39, 0.29) is 18.2 Å². The summed E-state index contributed by atoms with van der Waals surface area (Å²) in [7, 11) is 0. The van der Waals surface area contributed by atoms with Gasteiger partial charge >= 0.3 is 11.9 Å². The molecule has 0 radical (unpaired) electrons. The number of hydrazone groups is 1. The van der Waals surface area contributed by atoms with Crippen molar-refractivity contribution in [1.29, 1.82) is 5.26 Å². The van der Waals surface area contributed by atoms with Crippen LogP contribution >= 0.6 is 0 Å². The number of hydrogen-bond donors (Lipinski definition) is 1. The summed E-state index contributed by atoms with van der Waals surface area (Å²) in [5.74, 6) is -1.71. The topological polar surface area (TPSA) is 101 Å². The first-order valence-corrected chi connectivity index (χ1v) is 6.10. The highest BCUT2D eigenvalue weighted by Crippen LogP contribution is 2.13. The lowest BCUT2D eigenvalue weighted by Crippen LogP contribution is -2.32. The van der Waals surface area contributed by atoms with Crippen molar-refractivity contribution in [1.82, 2.24) is 5.43 Å². The van der Waals surface area contributed by atoms with Crippen molar-refractivity contribution in [2.75, 3.05) is 6.61 Å². The number of esters is 2. The Morgan fingerprint density at radius 3 is 2.71 bits per heavy atom. The minimum atomic E-state index is -0.905. The normalized spacial score (nSPS) is 16.0. The van der Waals surface area contributed by atoms with Crippen molar-refractivity contribution in [3.8, 4) is 6.07 Å². The van der Waals surface area contributed by atoms with E-state index in [9.17, 15) is 9.59 Å². The second-order valence-corrected chi connectivity index (χ2v) is 3.87. The fraction of sp³-hybridized carbons (Fsp3) is 0.143. The molecule has 1 aromatic carbocycles. The molecule has 0 amide bonds. The summed E-state index contributed by atoms with van der Waals surface area (Å²) in [4.78, 5) is 23.5. The summed E-state index contributed by atoms with van der Waals surface area (Å²) in [5, 5.41) is 12.8. The molecule has 2 rings (SSSR count). The largest absolute Gasteiger partial charge is 0.462 e. The van der Waals surface area contributed by atoms with Crippen LogP contribution in [0.3, 0.4) is 0 Å². The van der Waals surface area contributed by atoms with Gasteiger partial charge in [0.05, 0.1) is 6.61 Å². The maximum absolute atomic E-state index is 11.9. The number of rotatable bonds is 3. The lowest BCUT2D eigenvalue weighted by molar-refractivity contribution is -0.139. The molecule has 0 atom stereocenters. The minimum absolute atomic E-state index is 0.0606. The predicted molar refractivity (Wildman–Crippen MR) is 71.5 cm³/mol. The number of ether oxygens (including phenoxy) is 2. The molecule has 1 aliphatic rings. The number of benzene rings is 1. The van der Waals surface area contributed by atoms with Crippen LogP contribution in [-0.4, -0.2) is 24.4 Å². The molecule has 0 saturated carbocycles. The summed E-state index contributed by atoms with van der Waals surface area (Å²) in [6.07, 6.45) is 0. The quantitative estimate of drug-likeness (QED) is 0.501. The van der Waals surface area contributed by atoms with Crippen LogP contribution in [0.5, 0.6) is 0 Å². The van der Waals surface area contributed by atoms with Gasteiger partial charge in [-0.05, 0) is 19.1 Å². The number of nitrogens with one attached hydrogen (secondary N) is 1. The molecule has 0 unspecified atom stereocenters. The van der Waals surface area contributed by atoms with Gasteiger partial charge in [-0.2, -0.15) is 5.26 Å². The van der Waals surface area contributed by atoms with Crippen LogP contribution in [0.15, 0.2) is 46.7 Å². The second kappa shape index (κ2) is 6.34. The summed E-state index contributed by atoms with van der Waals surface area (Å²) >= 11 is 0. The molecular weight excluding hydrogens is 274 g/mol. The van der Waals surface area contributed by atoms with Crippen molar-refractivity contribution in [3.63, 3.8) is 0 Å². The Hall–Kier alpha value is -3.14. The molecule has 1 aliphatic heterocycles. The Morgan fingerprint density at radius 1 is 1.43 bits per heavy atom. The third kappa shape index (κ3) is 3.06. The van der Waals surface area contributed by atoms with Gasteiger partial charge in [-0.3, -0.25) is 5.43 Å². The van der Waals surface area contributed by atoms with E-state index in [0.717, 1.165) is 0 Å². The minimum Gasteiger partial charge on any atom is -0.462 e. The first kappa shape index (κ1) is 14.3. The summed E-state index contributed by atoms with van der Waals surface area (Å²) in [6, 6.07) is 10.4. The third-order valence-corrected chi connectivity index (χ3v) is 2.52. The lowest BCUT2D eigenvalue weighted by Gasteiger charge is -2.16. The average Bonchev–Trinajstić information content (AvgIpc) is 2.50. The summed E-state index contributed by atoms with van der Waals surface area (Å²) in [5.41, 5.74) is 2.16. The molecule has 0 aliphatic carbocycles. The van der Waals surface area contributed by atoms with Crippen molar-refractivity contribution < 1.29 is 19.1 Å². The molecule has 7 nitrogen and oxygen atoms in total. The zero-order valence-corrected chi connectivity index (χ0v) is 11.1. The van der Waals surface area contributed by atoms with Crippen LogP contribution in [0.1, 0.15) is 12.5 Å². The van der Waals surface area contributed by atoms with Gasteiger partial charge in [0.2, 0.25) is 5.90 Å². The average molecular weight is 285 g/mol. The molecule has 7 heteroatoms. The fourth-order valence-corrected chi connectivity index (χ4v) is 1.58. The monoisotopic (exact) mass is 285 g/mol. The van der Waals surface area contributed by atoms with Crippen LogP contribution in [0.2, 0.25) is 0 Å². The lowest BCUT2D eigenvalue weighted by atomic mass is 10.2. The van der Waals surface area contributed by atoms with Gasteiger partial charge < -0.3 is 9.47 Å². The molecule has 1 heterocycles. The van der Waals surface area contributed by atoms with Crippen molar-refractivity contribution in [2.24, 2.45) is 5.10 Å². The molecule has 1 N–H and O–H groups in total. The Labute approximate surface area is 120 Å². The van der Waals surface area contributed by atoms with Gasteiger partial charge in [-0.25, -0.2) is 9.59 Å². The maximum Gasteiger partial charge on any atom is 0.364 e. The van der Waals surface area contributed by atoms with E-state index in [1.165, 1.54) is 0 Å². The summed E-state index contributed by atoms with van der Waals surface area (Å²) < 4.78 is 9.72. The van der Waals surface area contributed by atoms with Crippen LogP contribution < -0.4 is 5.43 Å². The first-order valence-electron chi connectivity index (χ1n) is 6.10. The number of carbonyl (C=O) groups is 2. The molecule has 0 saturated heterocycles. The zero-order valence-electron chi connectivity index (χ0n) is 11.1. The number of hydrogen-bond acceptors (Lipinski definition) is 7. The van der Waals surface area contributed by atoms with Gasteiger partial charge in [0.25, 0.3) is 0 Å². The van der Waals surface area contributed by atoms with Gasteiger partial charge in [0.15, 0.2) is 11.3 Å². The number of carbonyl (C=O) groups excluding carboxylic acids is 2. The van der Waals surface area contributed by atoms with E-state index >= 15 is 0 Å². The smallest absolute Gasteiger partial charge is 0.364 e. The zero-order chi connectivity index (χ0) is 15.2. The van der Waals surface area contributed by atoms with Gasteiger partial charge in [0.1, 0.15) is 6.07 Å². The highest BCUT2D eigenvalue weighted by atomic mass is 16.6. The number of nitrogens with zero attached hydrogens (tertiary/aromatic N) is 2. The number of nitriles is 1. The van der Waals surface area contributed by atoms with E-state index < -0.39 is 17.5 Å². The van der Waals surface area contributed by atoms with E-state index in [1.54, 1.807) is 37.3 Å². The van der Waals surface area contributed by atoms with E-state index in [1.807, 2.05) is 6.07 Å². The Balaban J connectivity index is 2.31. The fourth-order valence-electron chi connectivity index (χ4n) is 1.58. The summed E-state index contributed by atoms with van der Waals surface area (Å²) in [6.45, 7) is 1.68. The standard InChI is InChI=1S/C14H11N3O4/c1-2-20-13(18)10(8-15)11-14(19)21-12(17-16-11)9-6-4-3-5-7-9/h3-7,16H,2H2,1H3/b11-10+. The highest BCUT2D eigenvalue weighted by Gasteiger charge is 2.28. The van der Waals surface area contributed by atoms with Crippen molar-refractivity contribution in [3.05, 3.63) is 47.2 Å². The Morgan fingerprint density at radius 2 is 2.14 bits per heavy atom. The molecule has 106 valence electrons. The second-order valence-electron chi connectivity index (χ2n) is 3.87. The van der Waals surface area contributed by atoms with Crippen LogP contribution in [0.4, 0.5) is 0 Å². The van der Waals surface area contributed by atoms with E-state index in [4.69, 9.17) is 14.7 Å². The first-order chi connectivity index (χ1) is 10.2. The van der Waals surface area contributed by atoms with E-state index in [0.29, 0.717) is 5.56 Å². The van der Waals surface area contributed by atoms with Crippen molar-refractivity contribution in [2.45, 2.75) is 6.92 Å². The molecule has 0 aromatic heterocycles.